The van der Waals surface area contributed by atoms with Crippen molar-refractivity contribution in [3.8, 4) is 5.75 Å². The summed E-state index contributed by atoms with van der Waals surface area (Å²) < 4.78 is 5.79. The van der Waals surface area contributed by atoms with Crippen molar-refractivity contribution < 1.29 is 9.53 Å². The van der Waals surface area contributed by atoms with Gasteiger partial charge in [-0.15, -0.1) is 0 Å². The lowest BCUT2D eigenvalue weighted by atomic mass is 10.2. The normalized spacial score (nSPS) is 9.58. The Kier molecular flexibility index (Phi) is 3.34. The minimum atomic E-state index is 0.520. The van der Waals surface area contributed by atoms with Crippen molar-refractivity contribution in [3.05, 3.63) is 26.3 Å². The second kappa shape index (κ2) is 4.09. The molecule has 64 valence electrons. The van der Waals surface area contributed by atoms with Crippen LogP contribution in [0.4, 0.5) is 0 Å². The summed E-state index contributed by atoms with van der Waals surface area (Å²) in [7, 11) is 1.51. The third-order valence-electron chi connectivity index (χ3n) is 1.41. The molecule has 4 heteroatoms. The van der Waals surface area contributed by atoms with Gasteiger partial charge in [-0.3, -0.25) is 4.79 Å². The van der Waals surface area contributed by atoms with E-state index in [2.05, 4.69) is 0 Å². The minimum Gasteiger partial charge on any atom is -0.495 e. The van der Waals surface area contributed by atoms with E-state index in [-0.39, 0.29) is 0 Å². The first-order valence-corrected chi connectivity index (χ1v) is 4.63. The zero-order valence-electron chi connectivity index (χ0n) is 6.30. The molecule has 0 amide bonds. The van der Waals surface area contributed by atoms with E-state index in [0.29, 0.717) is 16.3 Å². The molecule has 0 radical (unpaired) electrons. The number of rotatable bonds is 2. The Bertz CT molecular complexity index is 312. The largest absolute Gasteiger partial charge is 0.495 e. The van der Waals surface area contributed by atoms with Crippen LogP contribution in [0.25, 0.3) is 0 Å². The summed E-state index contributed by atoms with van der Waals surface area (Å²) in [5, 5.41) is 0.595. The Labute approximate surface area is 89.0 Å². The van der Waals surface area contributed by atoms with Crippen LogP contribution in [0.3, 0.4) is 0 Å². The minimum absolute atomic E-state index is 0.520. The molecule has 0 aliphatic heterocycles. The molecule has 0 saturated heterocycles. The van der Waals surface area contributed by atoms with Crippen LogP contribution < -0.4 is 4.74 Å². The van der Waals surface area contributed by atoms with Gasteiger partial charge < -0.3 is 4.74 Å². The number of carbonyl (C=O) groups excluding carboxylic acids is 1. The van der Waals surface area contributed by atoms with Crippen LogP contribution in [0.1, 0.15) is 10.4 Å². The van der Waals surface area contributed by atoms with Crippen molar-refractivity contribution in [1.82, 2.24) is 0 Å². The first kappa shape index (κ1) is 9.80. The molecule has 12 heavy (non-hydrogen) atoms. The van der Waals surface area contributed by atoms with E-state index >= 15 is 0 Å². The van der Waals surface area contributed by atoms with Gasteiger partial charge in [0.2, 0.25) is 0 Å². The van der Waals surface area contributed by atoms with Gasteiger partial charge in [-0.25, -0.2) is 0 Å². The number of ether oxygens (including phenoxy) is 1. The lowest BCUT2D eigenvalue weighted by Gasteiger charge is -2.06. The van der Waals surface area contributed by atoms with Crippen LogP contribution in [0.5, 0.6) is 5.75 Å². The molecule has 0 unspecified atom stereocenters. The molecule has 0 aliphatic carbocycles. The molecule has 0 aromatic heterocycles. The van der Waals surface area contributed by atoms with Crippen molar-refractivity contribution in [2.45, 2.75) is 0 Å². The fourth-order valence-electron chi connectivity index (χ4n) is 0.847. The van der Waals surface area contributed by atoms with Crippen molar-refractivity contribution in [2.24, 2.45) is 0 Å². The second-order valence-corrected chi connectivity index (χ2v) is 3.59. The number of hydrogen-bond acceptors (Lipinski definition) is 2. The van der Waals surface area contributed by atoms with Crippen LogP contribution in [-0.2, 0) is 0 Å². The van der Waals surface area contributed by atoms with Crippen molar-refractivity contribution in [3.63, 3.8) is 0 Å². The Morgan fingerprint density at radius 3 is 2.75 bits per heavy atom. The van der Waals surface area contributed by atoms with Crippen molar-refractivity contribution in [2.75, 3.05) is 7.11 Å². The summed E-state index contributed by atoms with van der Waals surface area (Å²) in [4.78, 5) is 10.5. The van der Waals surface area contributed by atoms with Crippen molar-refractivity contribution in [1.29, 1.82) is 0 Å². The first-order valence-electron chi connectivity index (χ1n) is 3.18. The summed E-state index contributed by atoms with van der Waals surface area (Å²) in [5.41, 5.74) is 0.520. The molecular formula is C8H6ClIO2. The van der Waals surface area contributed by atoms with Gasteiger partial charge in [0.05, 0.1) is 21.3 Å². The number of carbonyl (C=O) groups is 1. The van der Waals surface area contributed by atoms with E-state index in [1.54, 1.807) is 12.1 Å². The van der Waals surface area contributed by atoms with Crippen LogP contribution in [0.15, 0.2) is 12.1 Å². The molecule has 0 heterocycles. The molecule has 1 rings (SSSR count). The molecule has 0 bridgehead atoms. The van der Waals surface area contributed by atoms with Crippen LogP contribution in [-0.4, -0.2) is 13.4 Å². The van der Waals surface area contributed by atoms with Gasteiger partial charge in [0.1, 0.15) is 5.75 Å². The Morgan fingerprint density at radius 2 is 2.25 bits per heavy atom. The predicted octanol–water partition coefficient (Wildman–Crippen LogP) is 2.77. The molecule has 0 fully saturated rings. The van der Waals surface area contributed by atoms with E-state index in [9.17, 15) is 4.79 Å². The average molecular weight is 296 g/mol. The Balaban J connectivity index is 3.35. The molecule has 0 atom stereocenters. The van der Waals surface area contributed by atoms with Crippen LogP contribution in [0.2, 0.25) is 5.02 Å². The number of methoxy groups -OCH3 is 1. The molecule has 1 aromatic carbocycles. The summed E-state index contributed by atoms with van der Waals surface area (Å²) in [6.45, 7) is 0. The first-order chi connectivity index (χ1) is 5.70. The quantitative estimate of drug-likeness (QED) is 0.619. The van der Waals surface area contributed by atoms with E-state index in [4.69, 9.17) is 16.3 Å². The number of aldehydes is 1. The topological polar surface area (TPSA) is 26.3 Å². The predicted molar refractivity (Wildman–Crippen MR) is 56.1 cm³/mol. The zero-order chi connectivity index (χ0) is 9.14. The third-order valence-corrected chi connectivity index (χ3v) is 3.12. The number of halogens is 2. The molecule has 2 nitrogen and oxygen atoms in total. The molecule has 0 N–H and O–H groups in total. The van der Waals surface area contributed by atoms with E-state index in [1.807, 2.05) is 22.6 Å². The summed E-state index contributed by atoms with van der Waals surface area (Å²) in [6.07, 6.45) is 0.747. The standard InChI is InChI=1S/C8H6ClIO2/c1-12-8-5(4-11)2-3-6(9)7(8)10/h2-4H,1H3. The van der Waals surface area contributed by atoms with Crippen LogP contribution in [0, 0.1) is 3.57 Å². The smallest absolute Gasteiger partial charge is 0.153 e. The summed E-state index contributed by atoms with van der Waals surface area (Å²) >= 11 is 7.86. The molecule has 0 aliphatic rings. The maximum Gasteiger partial charge on any atom is 0.153 e. The number of benzene rings is 1. The van der Waals surface area contributed by atoms with Gasteiger partial charge in [0, 0.05) is 0 Å². The maximum absolute atomic E-state index is 10.5. The fourth-order valence-corrected chi connectivity index (χ4v) is 1.71. The summed E-state index contributed by atoms with van der Waals surface area (Å²) in [5.74, 6) is 0.540. The van der Waals surface area contributed by atoms with Gasteiger partial charge in [-0.05, 0) is 34.7 Å². The Morgan fingerprint density at radius 1 is 1.58 bits per heavy atom. The molecule has 0 spiro atoms. The average Bonchev–Trinajstić information content (AvgIpc) is 2.09. The van der Waals surface area contributed by atoms with E-state index in [0.717, 1.165) is 9.86 Å². The van der Waals surface area contributed by atoms with Gasteiger partial charge in [-0.1, -0.05) is 11.6 Å². The highest BCUT2D eigenvalue weighted by atomic mass is 127. The van der Waals surface area contributed by atoms with Gasteiger partial charge in [-0.2, -0.15) is 0 Å². The molecule has 1 aromatic rings. The van der Waals surface area contributed by atoms with Gasteiger partial charge >= 0.3 is 0 Å². The highest BCUT2D eigenvalue weighted by Gasteiger charge is 2.09. The van der Waals surface area contributed by atoms with Gasteiger partial charge in [0.25, 0.3) is 0 Å². The lowest BCUT2D eigenvalue weighted by molar-refractivity contribution is 0.112. The highest BCUT2D eigenvalue weighted by molar-refractivity contribution is 14.1. The Hall–Kier alpha value is -0.290. The fraction of sp³-hybridized carbons (Fsp3) is 0.125. The second-order valence-electron chi connectivity index (χ2n) is 2.10. The van der Waals surface area contributed by atoms with E-state index in [1.165, 1.54) is 7.11 Å². The van der Waals surface area contributed by atoms with Gasteiger partial charge in [0.15, 0.2) is 6.29 Å². The van der Waals surface area contributed by atoms with Crippen LogP contribution >= 0.6 is 34.2 Å². The SMILES string of the molecule is COc1c(C=O)ccc(Cl)c1I. The highest BCUT2D eigenvalue weighted by Crippen LogP contribution is 2.30. The molecule has 0 saturated carbocycles. The third kappa shape index (κ3) is 1.72. The summed E-state index contributed by atoms with van der Waals surface area (Å²) in [6, 6.07) is 3.31. The molecular weight excluding hydrogens is 290 g/mol. The number of hydrogen-bond donors (Lipinski definition) is 0. The van der Waals surface area contributed by atoms with Crippen molar-refractivity contribution >= 4 is 40.5 Å². The lowest BCUT2D eigenvalue weighted by Crippen LogP contribution is -1.93. The van der Waals surface area contributed by atoms with E-state index < -0.39 is 0 Å². The zero-order valence-corrected chi connectivity index (χ0v) is 9.22. The maximum atomic E-state index is 10.5. The monoisotopic (exact) mass is 296 g/mol.